The van der Waals surface area contributed by atoms with Crippen LogP contribution in [-0.2, 0) is 21.1 Å². The molecular formula is C54H35N4OPt-. The van der Waals surface area contributed by atoms with Gasteiger partial charge in [0.2, 0.25) is 0 Å². The molecule has 288 valence electrons. The quantitative estimate of drug-likeness (QED) is 0.162. The molecule has 3 heterocycles. The van der Waals surface area contributed by atoms with E-state index in [9.17, 15) is 5.11 Å². The summed E-state index contributed by atoms with van der Waals surface area (Å²) in [7, 11) is 0. The van der Waals surface area contributed by atoms with Gasteiger partial charge < -0.3 is 9.67 Å². The van der Waals surface area contributed by atoms with E-state index in [4.69, 9.17) is 9.97 Å². The molecule has 3 aromatic heterocycles. The fraction of sp³-hybridized carbons (Fsp3) is 0. The van der Waals surface area contributed by atoms with Crippen LogP contribution in [0.3, 0.4) is 0 Å². The van der Waals surface area contributed by atoms with Crippen molar-refractivity contribution in [3.8, 4) is 73.2 Å². The van der Waals surface area contributed by atoms with Gasteiger partial charge in [-0.15, -0.1) is 11.6 Å². The second-order valence-electron chi connectivity index (χ2n) is 14.7. The Morgan fingerprint density at radius 3 is 1.78 bits per heavy atom. The fourth-order valence-electron chi connectivity index (χ4n) is 8.45. The summed E-state index contributed by atoms with van der Waals surface area (Å²) >= 11 is 0. The van der Waals surface area contributed by atoms with E-state index < -0.39 is 0 Å². The van der Waals surface area contributed by atoms with Crippen molar-refractivity contribution in [1.82, 2.24) is 19.1 Å². The van der Waals surface area contributed by atoms with Crippen molar-refractivity contribution in [3.05, 3.63) is 212 Å². The van der Waals surface area contributed by atoms with Crippen molar-refractivity contribution in [2.24, 2.45) is 0 Å². The van der Waals surface area contributed by atoms with Crippen molar-refractivity contribution in [2.75, 3.05) is 0 Å². The summed E-state index contributed by atoms with van der Waals surface area (Å²) in [6.45, 7) is 0. The van der Waals surface area contributed by atoms with Crippen LogP contribution in [-0.4, -0.2) is 24.2 Å². The Labute approximate surface area is 361 Å². The van der Waals surface area contributed by atoms with Gasteiger partial charge in [-0.2, -0.15) is 0 Å². The summed E-state index contributed by atoms with van der Waals surface area (Å²) in [6, 6.07) is 72.6. The van der Waals surface area contributed by atoms with Crippen LogP contribution in [0.5, 0.6) is 5.75 Å². The molecule has 5 nitrogen and oxygen atoms in total. The van der Waals surface area contributed by atoms with Crippen LogP contribution in [0, 0.1) is 6.07 Å². The predicted octanol–water partition coefficient (Wildman–Crippen LogP) is 13.4. The summed E-state index contributed by atoms with van der Waals surface area (Å²) in [6.07, 6.45) is 1.89. The van der Waals surface area contributed by atoms with Gasteiger partial charge in [-0.1, -0.05) is 162 Å². The van der Waals surface area contributed by atoms with Crippen LogP contribution >= 0.6 is 0 Å². The zero-order chi connectivity index (χ0) is 39.3. The number of hydrogen-bond donors (Lipinski definition) is 1. The number of hydrogen-bond acceptors (Lipinski definition) is 3. The number of phenols is 1. The number of aromatic nitrogens is 4. The Hall–Kier alpha value is -7.33. The average molecular weight is 951 g/mol. The molecular weight excluding hydrogens is 916 g/mol. The van der Waals surface area contributed by atoms with Gasteiger partial charge in [-0.3, -0.25) is 9.55 Å². The Kier molecular flexibility index (Phi) is 9.52. The maximum Gasteiger partial charge on any atom is 0.148 e. The number of aromatic hydroxyl groups is 1. The molecule has 0 aliphatic heterocycles. The van der Waals surface area contributed by atoms with Crippen molar-refractivity contribution in [3.63, 3.8) is 0 Å². The van der Waals surface area contributed by atoms with Crippen LogP contribution in [0.4, 0.5) is 0 Å². The number of fused-ring (bicyclic) bond motifs is 4. The van der Waals surface area contributed by atoms with Crippen LogP contribution in [0.2, 0.25) is 0 Å². The molecule has 11 aromatic rings. The van der Waals surface area contributed by atoms with Crippen molar-refractivity contribution in [2.45, 2.75) is 0 Å². The van der Waals surface area contributed by atoms with Gasteiger partial charge in [0.1, 0.15) is 11.6 Å². The third kappa shape index (κ3) is 6.32. The summed E-state index contributed by atoms with van der Waals surface area (Å²) in [4.78, 5) is 10.4. The molecule has 60 heavy (non-hydrogen) atoms. The van der Waals surface area contributed by atoms with E-state index in [0.29, 0.717) is 11.4 Å². The minimum absolute atomic E-state index is 0. The van der Waals surface area contributed by atoms with E-state index in [-0.39, 0.29) is 26.8 Å². The molecule has 11 rings (SSSR count). The summed E-state index contributed by atoms with van der Waals surface area (Å²) in [5, 5.41) is 13.4. The SMILES string of the molecule is Oc1ccccc1-c1nc2c(-c3[c-]c(-c4cc(-c5ccc(-c6ccccc6)cc5)ccn4)cc4c3c3ccccc3n4-c3ccccc3)cccc2n1-c1ccccc1.[Pt]. The standard InChI is InChI=1S/C54H35N4O.Pt/c59-51-26-13-11-22-45(51)54-56-53-43(23-14-25-49(53)58(54)42-19-8-3-9-20-42)46-33-40(35-50-52(46)44-21-10-12-24-48(44)57(50)41-17-6-2-7-18-41)47-34-39(31-32-55-47)38-29-27-37(28-30-38)36-15-4-1-5-16-36;/h1-32,34-35,59H;/q-1;. The first-order valence-corrected chi connectivity index (χ1v) is 19.7. The molecule has 0 aliphatic carbocycles. The number of nitrogens with zero attached hydrogens (tertiary/aromatic N) is 4. The van der Waals surface area contributed by atoms with Gasteiger partial charge in [0.05, 0.1) is 16.6 Å². The molecule has 0 spiro atoms. The zero-order valence-electron chi connectivity index (χ0n) is 32.2. The van der Waals surface area contributed by atoms with E-state index in [2.05, 4.69) is 167 Å². The Bertz CT molecular complexity index is 3320. The van der Waals surface area contributed by atoms with E-state index >= 15 is 0 Å². The monoisotopic (exact) mass is 950 g/mol. The summed E-state index contributed by atoms with van der Waals surface area (Å²) in [5.41, 5.74) is 14.6. The smallest absolute Gasteiger partial charge is 0.148 e. The molecule has 0 atom stereocenters. The van der Waals surface area contributed by atoms with Gasteiger partial charge in [0.25, 0.3) is 0 Å². The minimum Gasteiger partial charge on any atom is -0.507 e. The second kappa shape index (κ2) is 15.4. The Morgan fingerprint density at radius 2 is 1.05 bits per heavy atom. The number of pyridine rings is 1. The normalized spacial score (nSPS) is 11.3. The second-order valence-corrected chi connectivity index (χ2v) is 14.7. The number of imidazole rings is 1. The van der Waals surface area contributed by atoms with Gasteiger partial charge in [0, 0.05) is 49.8 Å². The maximum absolute atomic E-state index is 11.2. The molecule has 0 saturated heterocycles. The van der Waals surface area contributed by atoms with Gasteiger partial charge in [-0.25, -0.2) is 4.98 Å². The third-order valence-electron chi connectivity index (χ3n) is 11.2. The van der Waals surface area contributed by atoms with Crippen molar-refractivity contribution >= 4 is 32.8 Å². The van der Waals surface area contributed by atoms with Crippen LogP contribution in [0.15, 0.2) is 206 Å². The molecule has 8 aromatic carbocycles. The third-order valence-corrected chi connectivity index (χ3v) is 11.2. The number of benzene rings is 8. The minimum atomic E-state index is 0. The fourth-order valence-corrected chi connectivity index (χ4v) is 8.45. The molecule has 0 radical (unpaired) electrons. The van der Waals surface area contributed by atoms with Gasteiger partial charge in [-0.05, 0) is 87.8 Å². The topological polar surface area (TPSA) is 55.9 Å². The van der Waals surface area contributed by atoms with Gasteiger partial charge >= 0.3 is 0 Å². The first-order valence-electron chi connectivity index (χ1n) is 19.7. The molecule has 6 heteroatoms. The van der Waals surface area contributed by atoms with Crippen LogP contribution < -0.4 is 0 Å². The largest absolute Gasteiger partial charge is 0.507 e. The Balaban J connectivity index is 0.00000433. The average Bonchev–Trinajstić information content (AvgIpc) is 3.86. The molecule has 1 N–H and O–H groups in total. The molecule has 0 unspecified atom stereocenters. The zero-order valence-corrected chi connectivity index (χ0v) is 34.5. The number of rotatable bonds is 7. The maximum atomic E-state index is 11.2. The molecule has 0 fully saturated rings. The molecule has 0 aliphatic rings. The first kappa shape index (κ1) is 37.0. The molecule has 0 bridgehead atoms. The van der Waals surface area contributed by atoms with Crippen molar-refractivity contribution in [1.29, 1.82) is 0 Å². The molecule has 0 amide bonds. The number of phenolic OH excluding ortho intramolecular Hbond substituents is 1. The van der Waals surface area contributed by atoms with E-state index in [1.807, 2.05) is 48.7 Å². The predicted molar refractivity (Wildman–Crippen MR) is 241 cm³/mol. The van der Waals surface area contributed by atoms with E-state index in [1.165, 1.54) is 11.1 Å². The van der Waals surface area contributed by atoms with E-state index in [1.54, 1.807) is 6.07 Å². The van der Waals surface area contributed by atoms with Crippen LogP contribution in [0.25, 0.3) is 100 Å². The number of para-hydroxylation sites is 5. The first-order chi connectivity index (χ1) is 29.2. The van der Waals surface area contributed by atoms with Crippen molar-refractivity contribution < 1.29 is 26.2 Å². The molecule has 0 saturated carbocycles. The Morgan fingerprint density at radius 1 is 0.467 bits per heavy atom. The summed E-state index contributed by atoms with van der Waals surface area (Å²) in [5.74, 6) is 0.826. The van der Waals surface area contributed by atoms with E-state index in [0.717, 1.165) is 77.7 Å². The van der Waals surface area contributed by atoms with Gasteiger partial charge in [0.15, 0.2) is 0 Å². The van der Waals surface area contributed by atoms with Crippen LogP contribution in [0.1, 0.15) is 0 Å². The summed E-state index contributed by atoms with van der Waals surface area (Å²) < 4.78 is 4.48.